The number of anilines is 2. The highest BCUT2D eigenvalue weighted by Gasteiger charge is 2.20. The number of piperazine rings is 1. The van der Waals surface area contributed by atoms with Gasteiger partial charge in [-0.3, -0.25) is 9.69 Å². The highest BCUT2D eigenvalue weighted by molar-refractivity contribution is 7.89. The zero-order valence-corrected chi connectivity index (χ0v) is 17.9. The summed E-state index contributed by atoms with van der Waals surface area (Å²) in [6.45, 7) is 5.84. The van der Waals surface area contributed by atoms with Crippen LogP contribution < -0.4 is 10.2 Å². The van der Waals surface area contributed by atoms with E-state index in [2.05, 4.69) is 40.2 Å². The van der Waals surface area contributed by atoms with Crippen molar-refractivity contribution >= 4 is 27.3 Å². The first-order valence-corrected chi connectivity index (χ1v) is 11.1. The summed E-state index contributed by atoms with van der Waals surface area (Å²) >= 11 is 0. The molecule has 0 saturated carbocycles. The van der Waals surface area contributed by atoms with Crippen LogP contribution in [0, 0.1) is 6.92 Å². The summed E-state index contributed by atoms with van der Waals surface area (Å²) in [4.78, 5) is 17.1. The van der Waals surface area contributed by atoms with Gasteiger partial charge in [-0.2, -0.15) is 0 Å². The van der Waals surface area contributed by atoms with Crippen molar-refractivity contribution in [2.24, 2.45) is 0 Å². The molecule has 0 unspecified atom stereocenters. The van der Waals surface area contributed by atoms with E-state index in [1.807, 2.05) is 6.07 Å². The Bertz CT molecular complexity index is 950. The SMILES string of the molecule is Cc1ccccc1N1CCN(CC(=O)Nc2ccc(S(=O)(=O)N(C)C)cc2)CC1. The maximum Gasteiger partial charge on any atom is 0.242 e. The Balaban J connectivity index is 1.51. The monoisotopic (exact) mass is 416 g/mol. The van der Waals surface area contributed by atoms with Crippen molar-refractivity contribution in [2.45, 2.75) is 11.8 Å². The van der Waals surface area contributed by atoms with Crippen molar-refractivity contribution in [3.63, 3.8) is 0 Å². The van der Waals surface area contributed by atoms with Crippen LogP contribution in [0.4, 0.5) is 11.4 Å². The average Bonchev–Trinajstić information content (AvgIpc) is 2.69. The number of nitrogens with one attached hydrogen (secondary N) is 1. The summed E-state index contributed by atoms with van der Waals surface area (Å²) < 4.78 is 25.4. The van der Waals surface area contributed by atoms with E-state index in [0.29, 0.717) is 12.2 Å². The van der Waals surface area contributed by atoms with Crippen molar-refractivity contribution in [2.75, 3.05) is 57.0 Å². The van der Waals surface area contributed by atoms with Crippen LogP contribution in [0.2, 0.25) is 0 Å². The molecule has 1 heterocycles. The van der Waals surface area contributed by atoms with Gasteiger partial charge in [0.25, 0.3) is 0 Å². The van der Waals surface area contributed by atoms with Gasteiger partial charge in [0.2, 0.25) is 15.9 Å². The minimum Gasteiger partial charge on any atom is -0.369 e. The zero-order valence-electron chi connectivity index (χ0n) is 17.1. The first kappa shape index (κ1) is 21.3. The van der Waals surface area contributed by atoms with Gasteiger partial charge in [-0.25, -0.2) is 12.7 Å². The maximum absolute atomic E-state index is 12.4. The highest BCUT2D eigenvalue weighted by Crippen LogP contribution is 2.21. The van der Waals surface area contributed by atoms with Gasteiger partial charge in [0, 0.05) is 51.6 Å². The molecule has 2 aromatic carbocycles. The molecule has 7 nitrogen and oxygen atoms in total. The van der Waals surface area contributed by atoms with Crippen LogP contribution in [0.1, 0.15) is 5.56 Å². The lowest BCUT2D eigenvalue weighted by molar-refractivity contribution is -0.117. The molecule has 1 aliphatic rings. The van der Waals surface area contributed by atoms with Gasteiger partial charge >= 0.3 is 0 Å². The Morgan fingerprint density at radius 3 is 2.21 bits per heavy atom. The van der Waals surface area contributed by atoms with Crippen molar-refractivity contribution < 1.29 is 13.2 Å². The number of nitrogens with zero attached hydrogens (tertiary/aromatic N) is 3. The molecule has 0 aliphatic carbocycles. The van der Waals surface area contributed by atoms with Gasteiger partial charge in [-0.1, -0.05) is 18.2 Å². The van der Waals surface area contributed by atoms with Crippen LogP contribution in [-0.2, 0) is 14.8 Å². The van der Waals surface area contributed by atoms with Gasteiger partial charge < -0.3 is 10.2 Å². The fraction of sp³-hybridized carbons (Fsp3) is 0.381. The maximum atomic E-state index is 12.4. The Morgan fingerprint density at radius 1 is 1.00 bits per heavy atom. The first-order valence-electron chi connectivity index (χ1n) is 9.63. The number of hydrogen-bond donors (Lipinski definition) is 1. The summed E-state index contributed by atoms with van der Waals surface area (Å²) in [5, 5.41) is 2.85. The number of para-hydroxylation sites is 1. The molecule has 3 rings (SSSR count). The third kappa shape index (κ3) is 5.14. The molecule has 1 amide bonds. The van der Waals surface area contributed by atoms with Crippen molar-refractivity contribution in [3.8, 4) is 0 Å². The second kappa shape index (κ2) is 8.94. The standard InChI is InChI=1S/C21H28N4O3S/c1-17-6-4-5-7-20(17)25-14-12-24(13-15-25)16-21(26)22-18-8-10-19(11-9-18)29(27,28)23(2)3/h4-11H,12-16H2,1-3H3,(H,22,26). The molecule has 1 fully saturated rings. The molecule has 8 heteroatoms. The van der Waals surface area contributed by atoms with Crippen LogP contribution in [-0.4, -0.2) is 70.3 Å². The summed E-state index contributed by atoms with van der Waals surface area (Å²) in [6, 6.07) is 14.6. The van der Waals surface area contributed by atoms with Gasteiger partial charge in [0.15, 0.2) is 0 Å². The van der Waals surface area contributed by atoms with Crippen LogP contribution >= 0.6 is 0 Å². The molecule has 156 valence electrons. The van der Waals surface area contributed by atoms with Crippen LogP contribution in [0.3, 0.4) is 0 Å². The molecule has 2 aromatic rings. The lowest BCUT2D eigenvalue weighted by atomic mass is 10.1. The smallest absolute Gasteiger partial charge is 0.242 e. The average molecular weight is 417 g/mol. The van der Waals surface area contributed by atoms with Crippen molar-refractivity contribution in [3.05, 3.63) is 54.1 Å². The Kier molecular flexibility index (Phi) is 6.56. The third-order valence-corrected chi connectivity index (χ3v) is 6.94. The number of rotatable bonds is 6. The van der Waals surface area contributed by atoms with Gasteiger partial charge in [0.05, 0.1) is 11.4 Å². The van der Waals surface area contributed by atoms with E-state index in [9.17, 15) is 13.2 Å². The fourth-order valence-electron chi connectivity index (χ4n) is 3.39. The second-order valence-corrected chi connectivity index (χ2v) is 9.56. The predicted molar refractivity (Wildman–Crippen MR) is 116 cm³/mol. The van der Waals surface area contributed by atoms with E-state index in [1.54, 1.807) is 12.1 Å². The molecule has 1 saturated heterocycles. The Morgan fingerprint density at radius 2 is 1.62 bits per heavy atom. The van der Waals surface area contributed by atoms with Crippen LogP contribution in [0.5, 0.6) is 0 Å². The summed E-state index contributed by atoms with van der Waals surface area (Å²) in [5.74, 6) is -0.0995. The topological polar surface area (TPSA) is 73.0 Å². The van der Waals surface area contributed by atoms with Crippen molar-refractivity contribution in [1.29, 1.82) is 0 Å². The third-order valence-electron chi connectivity index (χ3n) is 5.11. The van der Waals surface area contributed by atoms with Crippen molar-refractivity contribution in [1.82, 2.24) is 9.21 Å². The van der Waals surface area contributed by atoms with Gasteiger partial charge in [-0.15, -0.1) is 0 Å². The number of amides is 1. The number of aryl methyl sites for hydroxylation is 1. The number of sulfonamides is 1. The second-order valence-electron chi connectivity index (χ2n) is 7.41. The molecule has 0 radical (unpaired) electrons. The Hall–Kier alpha value is -2.42. The van der Waals surface area contributed by atoms with Gasteiger partial charge in [-0.05, 0) is 42.8 Å². The number of carbonyl (C=O) groups is 1. The quantitative estimate of drug-likeness (QED) is 0.780. The van der Waals surface area contributed by atoms with E-state index in [1.165, 1.54) is 37.5 Å². The first-order chi connectivity index (χ1) is 13.8. The van der Waals surface area contributed by atoms with E-state index >= 15 is 0 Å². The summed E-state index contributed by atoms with van der Waals surface area (Å²) in [6.07, 6.45) is 0. The number of hydrogen-bond acceptors (Lipinski definition) is 5. The molecule has 0 spiro atoms. The van der Waals surface area contributed by atoms with Gasteiger partial charge in [0.1, 0.15) is 0 Å². The van der Waals surface area contributed by atoms with E-state index in [0.717, 1.165) is 30.5 Å². The lowest BCUT2D eigenvalue weighted by Gasteiger charge is -2.36. The normalized spacial score (nSPS) is 15.5. The van der Waals surface area contributed by atoms with E-state index < -0.39 is 10.0 Å². The Labute approximate surface area is 173 Å². The largest absolute Gasteiger partial charge is 0.369 e. The van der Waals surface area contributed by atoms with E-state index in [-0.39, 0.29) is 10.8 Å². The molecular weight excluding hydrogens is 388 g/mol. The van der Waals surface area contributed by atoms with E-state index in [4.69, 9.17) is 0 Å². The molecule has 0 aromatic heterocycles. The molecular formula is C21H28N4O3S. The summed E-state index contributed by atoms with van der Waals surface area (Å²) in [7, 11) is -0.488. The highest BCUT2D eigenvalue weighted by atomic mass is 32.2. The molecule has 1 aliphatic heterocycles. The molecule has 0 bridgehead atoms. The number of benzene rings is 2. The lowest BCUT2D eigenvalue weighted by Crippen LogP contribution is -2.48. The minimum atomic E-state index is -3.47. The zero-order chi connectivity index (χ0) is 21.0. The fourth-order valence-corrected chi connectivity index (χ4v) is 4.29. The van der Waals surface area contributed by atoms with Crippen LogP contribution in [0.15, 0.2) is 53.4 Å². The summed E-state index contributed by atoms with van der Waals surface area (Å²) in [5.41, 5.74) is 3.11. The van der Waals surface area contributed by atoms with Crippen LogP contribution in [0.25, 0.3) is 0 Å². The predicted octanol–water partition coefficient (Wildman–Crippen LogP) is 2.01. The number of carbonyl (C=O) groups excluding carboxylic acids is 1. The molecule has 0 atom stereocenters. The molecule has 1 N–H and O–H groups in total. The molecule has 29 heavy (non-hydrogen) atoms. The minimum absolute atomic E-state index is 0.0995.